The molecular formula is C37H28N2O2S. The zero-order valence-electron chi connectivity index (χ0n) is 23.0. The third-order valence-corrected chi connectivity index (χ3v) is 8.42. The highest BCUT2D eigenvalue weighted by molar-refractivity contribution is 8.03. The summed E-state index contributed by atoms with van der Waals surface area (Å²) in [6.07, 6.45) is 16.9. The van der Waals surface area contributed by atoms with Gasteiger partial charge in [0.15, 0.2) is 6.20 Å². The summed E-state index contributed by atoms with van der Waals surface area (Å²) in [5, 5.41) is 22.8. The molecule has 42 heavy (non-hydrogen) atoms. The Morgan fingerprint density at radius 2 is 1.86 bits per heavy atom. The molecule has 0 radical (unpaired) electrons. The molecule has 0 unspecified atom stereocenters. The SMILES string of the molecule is [O-]C#CC#C/C(O)=C/[n+]1ccc(/C=C/C(=C/C=C2\Sc3cccc4c3N2CCC4)Cc2ccccc2)c2ccccc21. The molecule has 6 rings (SSSR count). The van der Waals surface area contributed by atoms with Crippen molar-refractivity contribution >= 4 is 40.6 Å². The van der Waals surface area contributed by atoms with Crippen LogP contribution < -0.4 is 14.6 Å². The molecule has 0 fully saturated rings. The van der Waals surface area contributed by atoms with Crippen molar-refractivity contribution in [2.24, 2.45) is 0 Å². The fraction of sp³-hybridized carbons (Fsp3) is 0.108. The van der Waals surface area contributed by atoms with Crippen LogP contribution in [-0.4, -0.2) is 11.7 Å². The number of pyridine rings is 1. The van der Waals surface area contributed by atoms with E-state index >= 15 is 0 Å². The normalized spacial score (nSPS) is 15.3. The van der Waals surface area contributed by atoms with E-state index in [1.165, 1.54) is 51.0 Å². The summed E-state index contributed by atoms with van der Waals surface area (Å²) in [7, 11) is 0. The first-order chi connectivity index (χ1) is 20.7. The van der Waals surface area contributed by atoms with Crippen LogP contribution in [0.25, 0.3) is 23.2 Å². The Labute approximate surface area is 250 Å². The minimum absolute atomic E-state index is 0.176. The van der Waals surface area contributed by atoms with Crippen LogP contribution in [0.5, 0.6) is 0 Å². The van der Waals surface area contributed by atoms with E-state index in [0.29, 0.717) is 0 Å². The third-order valence-electron chi connectivity index (χ3n) is 7.30. The van der Waals surface area contributed by atoms with Crippen molar-refractivity contribution in [3.8, 4) is 23.9 Å². The average Bonchev–Trinajstić information content (AvgIpc) is 3.39. The Morgan fingerprint density at radius 3 is 2.74 bits per heavy atom. The summed E-state index contributed by atoms with van der Waals surface area (Å²) in [6.45, 7) is 1.05. The summed E-state index contributed by atoms with van der Waals surface area (Å²) in [5.41, 5.74) is 7.28. The highest BCUT2D eigenvalue weighted by atomic mass is 32.2. The highest BCUT2D eigenvalue weighted by Crippen LogP contribution is 2.49. The van der Waals surface area contributed by atoms with Gasteiger partial charge in [-0.3, -0.25) is 0 Å². The van der Waals surface area contributed by atoms with Gasteiger partial charge in [-0.25, -0.2) is 0 Å². The number of aromatic nitrogens is 1. The van der Waals surface area contributed by atoms with Gasteiger partial charge in [0.1, 0.15) is 0 Å². The van der Waals surface area contributed by atoms with Crippen LogP contribution in [-0.2, 0) is 12.8 Å². The molecule has 3 heterocycles. The van der Waals surface area contributed by atoms with Gasteiger partial charge in [0.2, 0.25) is 17.5 Å². The van der Waals surface area contributed by atoms with Gasteiger partial charge in [-0.2, -0.15) is 4.57 Å². The van der Waals surface area contributed by atoms with Crippen LogP contribution in [0.15, 0.2) is 125 Å². The number of fused-ring (bicyclic) bond motifs is 1. The van der Waals surface area contributed by atoms with E-state index in [-0.39, 0.29) is 5.76 Å². The molecule has 0 saturated carbocycles. The number of aliphatic hydroxyl groups is 1. The predicted molar refractivity (Wildman–Crippen MR) is 170 cm³/mol. The number of aliphatic hydroxyl groups excluding tert-OH is 1. The van der Waals surface area contributed by atoms with Crippen LogP contribution in [0.3, 0.4) is 0 Å². The van der Waals surface area contributed by atoms with E-state index in [0.717, 1.165) is 35.9 Å². The molecule has 0 atom stereocenters. The van der Waals surface area contributed by atoms with Gasteiger partial charge in [-0.05, 0) is 77.5 Å². The molecule has 3 aromatic carbocycles. The van der Waals surface area contributed by atoms with Crippen molar-refractivity contribution in [1.29, 1.82) is 0 Å². The molecule has 0 amide bonds. The number of rotatable bonds is 6. The van der Waals surface area contributed by atoms with Crippen molar-refractivity contribution in [1.82, 2.24) is 0 Å². The molecule has 0 saturated heterocycles. The Hall–Kier alpha value is -5.10. The number of aryl methyl sites for hydroxylation is 1. The standard InChI is InChI=1S/C37H28N2O2S/c40-25-7-6-14-32(41)27-38-24-22-30(33-15-4-5-16-34(33)38)20-18-29(26-28-10-2-1-3-11-28)19-21-36-39-23-9-13-31-12-8-17-35(42-36)37(31)39/h1-5,8,10-12,15-22,24,27H,9,13,23,26H2,(H-,40,41)/b32-27-. The van der Waals surface area contributed by atoms with E-state index < -0.39 is 0 Å². The van der Waals surface area contributed by atoms with Crippen LogP contribution in [0.4, 0.5) is 5.69 Å². The van der Waals surface area contributed by atoms with Gasteiger partial charge >= 0.3 is 0 Å². The van der Waals surface area contributed by atoms with Crippen LogP contribution in [0.1, 0.15) is 23.1 Å². The number of benzene rings is 3. The zero-order valence-corrected chi connectivity index (χ0v) is 23.8. The lowest BCUT2D eigenvalue weighted by atomic mass is 10.0. The molecule has 204 valence electrons. The van der Waals surface area contributed by atoms with Gasteiger partial charge in [-0.1, -0.05) is 84.6 Å². The second-order valence-electron chi connectivity index (χ2n) is 10.1. The van der Waals surface area contributed by atoms with Crippen LogP contribution in [0.2, 0.25) is 0 Å². The van der Waals surface area contributed by atoms with Crippen LogP contribution in [0, 0.1) is 23.9 Å². The van der Waals surface area contributed by atoms with Gasteiger partial charge < -0.3 is 15.1 Å². The van der Waals surface area contributed by atoms with E-state index in [1.54, 1.807) is 0 Å². The molecule has 4 nitrogen and oxygen atoms in total. The first kappa shape index (κ1) is 27.1. The molecule has 1 N–H and O–H groups in total. The zero-order chi connectivity index (χ0) is 28.7. The number of thioether (sulfide) groups is 1. The monoisotopic (exact) mass is 564 g/mol. The van der Waals surface area contributed by atoms with Gasteiger partial charge in [-0.15, -0.1) is 6.11 Å². The predicted octanol–water partition coefficient (Wildman–Crippen LogP) is 6.39. The maximum Gasteiger partial charge on any atom is 0.234 e. The topological polar surface area (TPSA) is 50.4 Å². The molecule has 5 heteroatoms. The summed E-state index contributed by atoms with van der Waals surface area (Å²) in [6, 6.07) is 27.2. The minimum atomic E-state index is -0.176. The van der Waals surface area contributed by atoms with E-state index in [4.69, 9.17) is 0 Å². The number of anilines is 1. The van der Waals surface area contributed by atoms with Gasteiger partial charge in [0.25, 0.3) is 0 Å². The fourth-order valence-corrected chi connectivity index (χ4v) is 6.54. The van der Waals surface area contributed by atoms with Crippen LogP contribution >= 0.6 is 11.8 Å². The summed E-state index contributed by atoms with van der Waals surface area (Å²) < 4.78 is 1.81. The molecule has 0 bridgehead atoms. The smallest absolute Gasteiger partial charge is 0.234 e. The van der Waals surface area contributed by atoms with Crippen molar-refractivity contribution in [2.45, 2.75) is 24.2 Å². The van der Waals surface area contributed by atoms with E-state index in [2.05, 4.69) is 95.5 Å². The summed E-state index contributed by atoms with van der Waals surface area (Å²) in [5.74, 6) is 6.73. The van der Waals surface area contributed by atoms with Gasteiger partial charge in [0, 0.05) is 23.6 Å². The summed E-state index contributed by atoms with van der Waals surface area (Å²) >= 11 is 1.86. The first-order valence-electron chi connectivity index (χ1n) is 13.9. The van der Waals surface area contributed by atoms with Crippen molar-refractivity contribution in [3.05, 3.63) is 136 Å². The third kappa shape index (κ3) is 5.98. The highest BCUT2D eigenvalue weighted by Gasteiger charge is 2.29. The van der Waals surface area contributed by atoms with Crippen molar-refractivity contribution in [3.63, 3.8) is 0 Å². The van der Waals surface area contributed by atoms with Crippen molar-refractivity contribution < 1.29 is 14.8 Å². The maximum atomic E-state index is 10.3. The number of hydrogen-bond donors (Lipinski definition) is 1. The first-order valence-corrected chi connectivity index (χ1v) is 14.7. The lowest BCUT2D eigenvalue weighted by Gasteiger charge is -2.27. The molecule has 1 aromatic heterocycles. The van der Waals surface area contributed by atoms with Gasteiger partial charge in [0.05, 0.1) is 16.1 Å². The number of allylic oxidation sites excluding steroid dienone is 5. The number of para-hydroxylation sites is 2. The molecule has 0 aliphatic carbocycles. The average molecular weight is 565 g/mol. The summed E-state index contributed by atoms with van der Waals surface area (Å²) in [4.78, 5) is 3.82. The fourth-order valence-electron chi connectivity index (χ4n) is 5.41. The minimum Gasteiger partial charge on any atom is -0.832 e. The largest absolute Gasteiger partial charge is 0.832 e. The van der Waals surface area contributed by atoms with E-state index in [9.17, 15) is 10.2 Å². The number of hydrogen-bond acceptors (Lipinski definition) is 4. The Kier molecular flexibility index (Phi) is 8.13. The lowest BCUT2D eigenvalue weighted by molar-refractivity contribution is -0.540. The Balaban J connectivity index is 1.34. The second-order valence-corrected chi connectivity index (χ2v) is 11.1. The number of nitrogens with zero attached hydrogens (tertiary/aromatic N) is 2. The molecule has 0 spiro atoms. The molecular weight excluding hydrogens is 536 g/mol. The lowest BCUT2D eigenvalue weighted by Crippen LogP contribution is -2.27. The van der Waals surface area contributed by atoms with E-state index in [1.807, 2.05) is 52.9 Å². The molecule has 2 aliphatic rings. The maximum absolute atomic E-state index is 10.3. The second kappa shape index (κ2) is 12.6. The molecule has 2 aliphatic heterocycles. The molecule has 4 aromatic rings. The van der Waals surface area contributed by atoms with Crippen molar-refractivity contribution in [2.75, 3.05) is 11.4 Å². The Bertz CT molecular complexity index is 1900. The Morgan fingerprint density at radius 1 is 1.00 bits per heavy atom. The quantitative estimate of drug-likeness (QED) is 0.128.